The number of pyridine rings is 1. The summed E-state index contributed by atoms with van der Waals surface area (Å²) in [6.07, 6.45) is 1.00. The second kappa shape index (κ2) is 4.80. The first-order valence-electron chi connectivity index (χ1n) is 5.88. The number of aromatic nitrogens is 1. The summed E-state index contributed by atoms with van der Waals surface area (Å²) >= 11 is 0. The van der Waals surface area contributed by atoms with E-state index in [0.717, 1.165) is 0 Å². The number of carbonyl (C=O) groups excluding carboxylic acids is 1. The Morgan fingerprint density at radius 2 is 1.90 bits per heavy atom. The molecular formula is C14H9F2N3O. The van der Waals surface area contributed by atoms with Crippen molar-refractivity contribution >= 4 is 17.3 Å². The summed E-state index contributed by atoms with van der Waals surface area (Å²) in [5.74, 6) is -1.36. The van der Waals surface area contributed by atoms with Crippen molar-refractivity contribution < 1.29 is 13.6 Å². The summed E-state index contributed by atoms with van der Waals surface area (Å²) in [6.45, 7) is 0. The molecule has 100 valence electrons. The quantitative estimate of drug-likeness (QED) is 0.811. The van der Waals surface area contributed by atoms with Crippen LogP contribution in [0.25, 0.3) is 0 Å². The minimum atomic E-state index is -2.03. The van der Waals surface area contributed by atoms with Crippen molar-refractivity contribution in [2.75, 3.05) is 5.32 Å². The molecule has 1 aromatic heterocycles. The molecule has 1 aliphatic heterocycles. The zero-order chi connectivity index (χ0) is 14.1. The Kier molecular flexibility index (Phi) is 2.98. The van der Waals surface area contributed by atoms with E-state index in [0.29, 0.717) is 16.8 Å². The maximum Gasteiger partial charge on any atom is 0.281 e. The van der Waals surface area contributed by atoms with Crippen LogP contribution < -0.4 is 5.32 Å². The fourth-order valence-electron chi connectivity index (χ4n) is 2.00. The Bertz CT molecular complexity index is 701. The Morgan fingerprint density at radius 3 is 2.65 bits per heavy atom. The van der Waals surface area contributed by atoms with Gasteiger partial charge in [-0.25, -0.2) is 13.8 Å². The average molecular weight is 273 g/mol. The molecule has 1 N–H and O–H groups in total. The van der Waals surface area contributed by atoms with Crippen molar-refractivity contribution in [2.45, 2.75) is 6.30 Å². The summed E-state index contributed by atoms with van der Waals surface area (Å²) in [5, 5.41) is 2.39. The number of benzene rings is 1. The van der Waals surface area contributed by atoms with Gasteiger partial charge in [-0.2, -0.15) is 0 Å². The lowest BCUT2D eigenvalue weighted by Crippen LogP contribution is -2.21. The SMILES string of the molecule is O=C1Nc2ccc(F)cc2C(c2ccncc2)=NC1F. The maximum atomic E-state index is 13.7. The molecule has 4 nitrogen and oxygen atoms in total. The Labute approximate surface area is 113 Å². The predicted octanol–water partition coefficient (Wildman–Crippen LogP) is 2.31. The van der Waals surface area contributed by atoms with Crippen LogP contribution >= 0.6 is 0 Å². The van der Waals surface area contributed by atoms with Gasteiger partial charge in [0.15, 0.2) is 0 Å². The number of hydrogen-bond acceptors (Lipinski definition) is 3. The number of fused-ring (bicyclic) bond motifs is 1. The highest BCUT2D eigenvalue weighted by Gasteiger charge is 2.25. The molecule has 1 amide bonds. The van der Waals surface area contributed by atoms with Gasteiger partial charge in [-0.3, -0.25) is 9.78 Å². The summed E-state index contributed by atoms with van der Waals surface area (Å²) in [6, 6.07) is 7.04. The van der Waals surface area contributed by atoms with Gasteiger partial charge in [0, 0.05) is 23.5 Å². The number of nitrogens with one attached hydrogen (secondary N) is 1. The molecule has 0 radical (unpaired) electrons. The molecule has 1 aliphatic rings. The second-order valence-corrected chi connectivity index (χ2v) is 4.23. The lowest BCUT2D eigenvalue weighted by Gasteiger charge is -2.09. The van der Waals surface area contributed by atoms with Crippen LogP contribution in [0.1, 0.15) is 11.1 Å². The number of carbonyl (C=O) groups is 1. The maximum absolute atomic E-state index is 13.7. The van der Waals surface area contributed by atoms with E-state index in [9.17, 15) is 13.6 Å². The van der Waals surface area contributed by atoms with Gasteiger partial charge in [-0.05, 0) is 30.3 Å². The third-order valence-corrected chi connectivity index (χ3v) is 2.91. The van der Waals surface area contributed by atoms with Gasteiger partial charge in [-0.15, -0.1) is 0 Å². The summed E-state index contributed by atoms with van der Waals surface area (Å²) < 4.78 is 27.2. The first kappa shape index (κ1) is 12.4. The van der Waals surface area contributed by atoms with E-state index in [4.69, 9.17) is 0 Å². The van der Waals surface area contributed by atoms with Crippen molar-refractivity contribution in [2.24, 2.45) is 4.99 Å². The smallest absolute Gasteiger partial charge is 0.281 e. The molecule has 1 unspecified atom stereocenters. The number of alkyl halides is 1. The molecule has 1 aromatic carbocycles. The van der Waals surface area contributed by atoms with Crippen molar-refractivity contribution in [3.05, 3.63) is 59.7 Å². The Hall–Kier alpha value is -2.63. The first-order chi connectivity index (χ1) is 9.65. The molecule has 0 saturated carbocycles. The molecule has 20 heavy (non-hydrogen) atoms. The number of hydrogen-bond donors (Lipinski definition) is 1. The molecule has 2 heterocycles. The van der Waals surface area contributed by atoms with Crippen molar-refractivity contribution in [3.8, 4) is 0 Å². The molecule has 0 spiro atoms. The van der Waals surface area contributed by atoms with Gasteiger partial charge in [-0.1, -0.05) is 0 Å². The summed E-state index contributed by atoms with van der Waals surface area (Å²) in [4.78, 5) is 19.2. The fraction of sp³-hybridized carbons (Fsp3) is 0.0714. The van der Waals surface area contributed by atoms with E-state index in [1.54, 1.807) is 12.1 Å². The van der Waals surface area contributed by atoms with Crippen LogP contribution in [0.3, 0.4) is 0 Å². The molecule has 1 atom stereocenters. The van der Waals surface area contributed by atoms with Gasteiger partial charge in [0.25, 0.3) is 12.2 Å². The van der Waals surface area contributed by atoms with Crippen LogP contribution in [0.2, 0.25) is 0 Å². The lowest BCUT2D eigenvalue weighted by atomic mass is 10.0. The number of nitrogens with zero attached hydrogens (tertiary/aromatic N) is 2. The monoisotopic (exact) mass is 273 g/mol. The van der Waals surface area contributed by atoms with Gasteiger partial charge >= 0.3 is 0 Å². The van der Waals surface area contributed by atoms with E-state index in [1.807, 2.05) is 0 Å². The van der Waals surface area contributed by atoms with Crippen LogP contribution in [0.15, 0.2) is 47.7 Å². The van der Waals surface area contributed by atoms with Gasteiger partial charge in [0.1, 0.15) is 5.82 Å². The van der Waals surface area contributed by atoms with Crippen LogP contribution in [0.5, 0.6) is 0 Å². The number of rotatable bonds is 1. The van der Waals surface area contributed by atoms with E-state index in [2.05, 4.69) is 15.3 Å². The molecule has 2 aromatic rings. The number of benzodiazepines with no additional fused rings is 1. The molecule has 0 bridgehead atoms. The molecule has 0 saturated heterocycles. The van der Waals surface area contributed by atoms with Crippen LogP contribution in [-0.2, 0) is 4.79 Å². The normalized spacial score (nSPS) is 17.8. The lowest BCUT2D eigenvalue weighted by molar-refractivity contribution is -0.120. The number of aliphatic imine (C=N–C) groups is 1. The topological polar surface area (TPSA) is 54.4 Å². The van der Waals surface area contributed by atoms with Gasteiger partial charge in [0.05, 0.1) is 11.4 Å². The standard InChI is InChI=1S/C14H9F2N3O/c15-9-1-2-11-10(7-9)12(8-3-5-17-6-4-8)19-13(16)14(20)18-11/h1-7,13H,(H,18,20). The van der Waals surface area contributed by atoms with E-state index in [-0.39, 0.29) is 5.71 Å². The minimum absolute atomic E-state index is 0.216. The van der Waals surface area contributed by atoms with E-state index >= 15 is 0 Å². The van der Waals surface area contributed by atoms with Gasteiger partial charge < -0.3 is 5.32 Å². The van der Waals surface area contributed by atoms with Crippen LogP contribution in [0, 0.1) is 5.82 Å². The third-order valence-electron chi connectivity index (χ3n) is 2.91. The minimum Gasteiger partial charge on any atom is -0.321 e. The highest BCUT2D eigenvalue weighted by Crippen LogP contribution is 2.25. The summed E-state index contributed by atoms with van der Waals surface area (Å²) in [5.41, 5.74) is 1.44. The van der Waals surface area contributed by atoms with Crippen LogP contribution in [-0.4, -0.2) is 22.9 Å². The predicted molar refractivity (Wildman–Crippen MR) is 69.8 cm³/mol. The third kappa shape index (κ3) is 2.16. The number of amides is 1. The number of anilines is 1. The molecule has 3 rings (SSSR count). The Balaban J connectivity index is 2.23. The van der Waals surface area contributed by atoms with Crippen LogP contribution in [0.4, 0.5) is 14.5 Å². The van der Waals surface area contributed by atoms with E-state index in [1.165, 1.54) is 30.6 Å². The van der Waals surface area contributed by atoms with Crippen molar-refractivity contribution in [1.82, 2.24) is 4.98 Å². The zero-order valence-electron chi connectivity index (χ0n) is 10.2. The highest BCUT2D eigenvalue weighted by atomic mass is 19.1. The molecule has 0 aliphatic carbocycles. The first-order valence-corrected chi connectivity index (χ1v) is 5.88. The largest absolute Gasteiger partial charge is 0.321 e. The fourth-order valence-corrected chi connectivity index (χ4v) is 2.00. The zero-order valence-corrected chi connectivity index (χ0v) is 10.2. The summed E-state index contributed by atoms with van der Waals surface area (Å²) in [7, 11) is 0. The second-order valence-electron chi connectivity index (χ2n) is 4.23. The molecule has 0 fully saturated rings. The Morgan fingerprint density at radius 1 is 1.15 bits per heavy atom. The molecular weight excluding hydrogens is 264 g/mol. The van der Waals surface area contributed by atoms with Gasteiger partial charge in [0.2, 0.25) is 0 Å². The van der Waals surface area contributed by atoms with Crippen molar-refractivity contribution in [3.63, 3.8) is 0 Å². The highest BCUT2D eigenvalue weighted by molar-refractivity contribution is 6.19. The van der Waals surface area contributed by atoms with E-state index < -0.39 is 18.0 Å². The molecule has 6 heteroatoms. The number of halogens is 2. The average Bonchev–Trinajstić information content (AvgIpc) is 2.58. The van der Waals surface area contributed by atoms with Crippen molar-refractivity contribution in [1.29, 1.82) is 0 Å².